The Hall–Kier alpha value is -1.52. The predicted octanol–water partition coefficient (Wildman–Crippen LogP) is 2.75. The van der Waals surface area contributed by atoms with Crippen molar-refractivity contribution < 1.29 is 19.1 Å². The highest BCUT2D eigenvalue weighted by molar-refractivity contribution is 5.84. The molecule has 5 heteroatoms. The number of ether oxygens (including phenoxy) is 2. The third-order valence-electron chi connectivity index (χ3n) is 2.70. The van der Waals surface area contributed by atoms with Crippen LogP contribution in [0.2, 0.25) is 0 Å². The Kier molecular flexibility index (Phi) is 6.59. The van der Waals surface area contributed by atoms with Gasteiger partial charge < -0.3 is 14.4 Å². The summed E-state index contributed by atoms with van der Waals surface area (Å²) in [4.78, 5) is 25.5. The normalized spacial score (nSPS) is 14.6. The number of allylic oxidation sites excluding steroid dienone is 1. The molecule has 0 N–H and O–H groups in total. The van der Waals surface area contributed by atoms with Crippen LogP contribution in [0.4, 0.5) is 4.79 Å². The van der Waals surface area contributed by atoms with Crippen LogP contribution in [0.3, 0.4) is 0 Å². The molecule has 0 saturated carbocycles. The van der Waals surface area contributed by atoms with Crippen molar-refractivity contribution in [1.29, 1.82) is 0 Å². The molecule has 0 aromatic rings. The molecule has 0 aliphatic rings. The van der Waals surface area contributed by atoms with Crippen LogP contribution >= 0.6 is 0 Å². The first-order valence-electron chi connectivity index (χ1n) is 6.43. The molecule has 0 aliphatic carbocycles. The highest BCUT2D eigenvalue weighted by Crippen LogP contribution is 2.19. The first-order chi connectivity index (χ1) is 8.69. The standard InChI is InChI=1S/C14H25NO4/c1-8-9-14(6,12(16)18-7)19-13(17)15(10(2)3)11(4)5/h8-11H,1-7H3/b9-8+. The van der Waals surface area contributed by atoms with Gasteiger partial charge >= 0.3 is 12.1 Å². The Balaban J connectivity index is 5.15. The topological polar surface area (TPSA) is 55.8 Å². The van der Waals surface area contributed by atoms with Crippen LogP contribution in [0.15, 0.2) is 12.2 Å². The zero-order valence-electron chi connectivity index (χ0n) is 12.9. The third kappa shape index (κ3) is 4.58. The second-order valence-corrected chi connectivity index (χ2v) is 5.06. The molecule has 0 fully saturated rings. The van der Waals surface area contributed by atoms with Gasteiger partial charge in [-0.25, -0.2) is 9.59 Å². The summed E-state index contributed by atoms with van der Waals surface area (Å²) in [6.45, 7) is 10.8. The molecule has 0 aromatic carbocycles. The van der Waals surface area contributed by atoms with E-state index in [0.717, 1.165) is 0 Å². The summed E-state index contributed by atoms with van der Waals surface area (Å²) in [5, 5.41) is 0. The number of rotatable bonds is 5. The number of carbonyl (C=O) groups is 2. The van der Waals surface area contributed by atoms with Gasteiger partial charge in [-0.3, -0.25) is 0 Å². The summed E-state index contributed by atoms with van der Waals surface area (Å²) >= 11 is 0. The summed E-state index contributed by atoms with van der Waals surface area (Å²) in [5.74, 6) is -0.605. The Labute approximate surface area is 115 Å². The molecule has 0 bridgehead atoms. The fourth-order valence-corrected chi connectivity index (χ4v) is 1.92. The average Bonchev–Trinajstić information content (AvgIpc) is 2.26. The summed E-state index contributed by atoms with van der Waals surface area (Å²) in [7, 11) is 1.26. The van der Waals surface area contributed by atoms with Crippen LogP contribution in [-0.4, -0.2) is 41.8 Å². The number of methoxy groups -OCH3 is 1. The number of amides is 1. The molecule has 0 aliphatic heterocycles. The van der Waals surface area contributed by atoms with Crippen LogP contribution in [-0.2, 0) is 14.3 Å². The van der Waals surface area contributed by atoms with Crippen molar-refractivity contribution in [2.45, 2.75) is 59.2 Å². The van der Waals surface area contributed by atoms with E-state index in [4.69, 9.17) is 4.74 Å². The lowest BCUT2D eigenvalue weighted by Gasteiger charge is -2.33. The molecule has 0 radical (unpaired) electrons. The van der Waals surface area contributed by atoms with E-state index in [9.17, 15) is 9.59 Å². The molecule has 0 rings (SSSR count). The fourth-order valence-electron chi connectivity index (χ4n) is 1.92. The van der Waals surface area contributed by atoms with Gasteiger partial charge in [0, 0.05) is 12.1 Å². The van der Waals surface area contributed by atoms with E-state index in [0.29, 0.717) is 0 Å². The molecular formula is C14H25NO4. The molecule has 1 amide bonds. The lowest BCUT2D eigenvalue weighted by atomic mass is 10.1. The predicted molar refractivity (Wildman–Crippen MR) is 73.8 cm³/mol. The maximum atomic E-state index is 12.2. The average molecular weight is 271 g/mol. The minimum atomic E-state index is -1.40. The van der Waals surface area contributed by atoms with E-state index < -0.39 is 17.7 Å². The van der Waals surface area contributed by atoms with E-state index in [2.05, 4.69) is 4.74 Å². The van der Waals surface area contributed by atoms with Crippen LogP contribution in [0.1, 0.15) is 41.5 Å². The van der Waals surface area contributed by atoms with E-state index in [-0.39, 0.29) is 12.1 Å². The lowest BCUT2D eigenvalue weighted by molar-refractivity contribution is -0.157. The van der Waals surface area contributed by atoms with Gasteiger partial charge in [0.2, 0.25) is 5.60 Å². The van der Waals surface area contributed by atoms with Crippen molar-refractivity contribution in [1.82, 2.24) is 4.90 Å². The van der Waals surface area contributed by atoms with Crippen molar-refractivity contribution in [3.63, 3.8) is 0 Å². The molecular weight excluding hydrogens is 246 g/mol. The maximum Gasteiger partial charge on any atom is 0.411 e. The molecule has 1 unspecified atom stereocenters. The Morgan fingerprint density at radius 1 is 1.16 bits per heavy atom. The second-order valence-electron chi connectivity index (χ2n) is 5.06. The Bertz CT molecular complexity index is 341. The summed E-state index contributed by atoms with van der Waals surface area (Å²) in [6.07, 6.45) is 2.63. The van der Waals surface area contributed by atoms with Gasteiger partial charge in [-0.1, -0.05) is 6.08 Å². The number of hydrogen-bond acceptors (Lipinski definition) is 4. The molecule has 0 spiro atoms. The largest absolute Gasteiger partial charge is 0.466 e. The van der Waals surface area contributed by atoms with Gasteiger partial charge in [0.05, 0.1) is 7.11 Å². The van der Waals surface area contributed by atoms with Crippen LogP contribution < -0.4 is 0 Å². The highest BCUT2D eigenvalue weighted by Gasteiger charge is 2.38. The summed E-state index contributed by atoms with van der Waals surface area (Å²) in [5.41, 5.74) is -1.40. The fraction of sp³-hybridized carbons (Fsp3) is 0.714. The smallest absolute Gasteiger partial charge is 0.411 e. The number of carbonyl (C=O) groups excluding carboxylic acids is 2. The van der Waals surface area contributed by atoms with Gasteiger partial charge in [0.15, 0.2) is 0 Å². The lowest BCUT2D eigenvalue weighted by Crippen LogP contribution is -2.48. The van der Waals surface area contributed by atoms with Gasteiger partial charge in [-0.15, -0.1) is 0 Å². The van der Waals surface area contributed by atoms with E-state index in [1.165, 1.54) is 20.1 Å². The second kappa shape index (κ2) is 7.16. The van der Waals surface area contributed by atoms with Crippen LogP contribution in [0.25, 0.3) is 0 Å². The molecule has 1 atom stereocenters. The number of nitrogens with zero attached hydrogens (tertiary/aromatic N) is 1. The van der Waals surface area contributed by atoms with Gasteiger partial charge in [0.1, 0.15) is 0 Å². The summed E-state index contributed by atoms with van der Waals surface area (Å²) in [6, 6.07) is -0.0278. The van der Waals surface area contributed by atoms with Crippen molar-refractivity contribution in [2.75, 3.05) is 7.11 Å². The van der Waals surface area contributed by atoms with Crippen LogP contribution in [0.5, 0.6) is 0 Å². The number of esters is 1. The van der Waals surface area contributed by atoms with Crippen molar-refractivity contribution >= 4 is 12.1 Å². The van der Waals surface area contributed by atoms with Crippen molar-refractivity contribution in [2.24, 2.45) is 0 Å². The molecule has 0 aromatic heterocycles. The van der Waals surface area contributed by atoms with Gasteiger partial charge in [-0.05, 0) is 47.6 Å². The monoisotopic (exact) mass is 271 g/mol. The molecule has 19 heavy (non-hydrogen) atoms. The Morgan fingerprint density at radius 2 is 1.63 bits per heavy atom. The van der Waals surface area contributed by atoms with Crippen LogP contribution in [0, 0.1) is 0 Å². The van der Waals surface area contributed by atoms with Gasteiger partial charge in [-0.2, -0.15) is 0 Å². The minimum absolute atomic E-state index is 0.0139. The van der Waals surface area contributed by atoms with Crippen molar-refractivity contribution in [3.05, 3.63) is 12.2 Å². The van der Waals surface area contributed by atoms with Crippen molar-refractivity contribution in [3.8, 4) is 0 Å². The molecule has 5 nitrogen and oxygen atoms in total. The minimum Gasteiger partial charge on any atom is -0.466 e. The summed E-state index contributed by atoms with van der Waals surface area (Å²) < 4.78 is 10.0. The zero-order chi connectivity index (χ0) is 15.2. The first-order valence-corrected chi connectivity index (χ1v) is 6.43. The quantitative estimate of drug-likeness (QED) is 0.570. The maximum absolute atomic E-state index is 12.2. The van der Waals surface area contributed by atoms with E-state index >= 15 is 0 Å². The van der Waals surface area contributed by atoms with Gasteiger partial charge in [0.25, 0.3) is 0 Å². The first kappa shape index (κ1) is 17.5. The third-order valence-corrected chi connectivity index (χ3v) is 2.70. The zero-order valence-corrected chi connectivity index (χ0v) is 12.9. The number of hydrogen-bond donors (Lipinski definition) is 0. The molecule has 110 valence electrons. The van der Waals surface area contributed by atoms with E-state index in [1.54, 1.807) is 17.9 Å². The highest BCUT2D eigenvalue weighted by atomic mass is 16.6. The molecule has 0 saturated heterocycles. The Morgan fingerprint density at radius 3 is 1.95 bits per heavy atom. The van der Waals surface area contributed by atoms with E-state index in [1.807, 2.05) is 27.7 Å². The SMILES string of the molecule is C/C=C/C(C)(OC(=O)N(C(C)C)C(C)C)C(=O)OC. The molecule has 0 heterocycles.